The van der Waals surface area contributed by atoms with E-state index >= 15 is 0 Å². The molecule has 108 valence electrons. The highest BCUT2D eigenvalue weighted by Gasteiger charge is 2.20. The van der Waals surface area contributed by atoms with E-state index in [1.165, 1.54) is 10.5 Å². The summed E-state index contributed by atoms with van der Waals surface area (Å²) in [7, 11) is 0. The number of ether oxygens (including phenoxy) is 1. The van der Waals surface area contributed by atoms with Gasteiger partial charge in [0.25, 0.3) is 0 Å². The number of hydrogen-bond donors (Lipinski definition) is 1. The molecule has 0 radical (unpaired) electrons. The highest BCUT2D eigenvalue weighted by atomic mass is 16.5. The van der Waals surface area contributed by atoms with E-state index in [1.807, 2.05) is 36.4 Å². The fourth-order valence-corrected chi connectivity index (χ4v) is 2.35. The number of benzene rings is 1. The quantitative estimate of drug-likeness (QED) is 0.663. The lowest BCUT2D eigenvalue weighted by Gasteiger charge is -2.28. The zero-order valence-electron chi connectivity index (χ0n) is 11.6. The molecule has 0 spiro atoms. The third-order valence-electron chi connectivity index (χ3n) is 3.54. The molecule has 0 aromatic heterocycles. The molecular weight excluding hydrogens is 254 g/mol. The van der Waals surface area contributed by atoms with Crippen LogP contribution in [0, 0.1) is 5.92 Å². The van der Waals surface area contributed by atoms with Crippen LogP contribution in [0.3, 0.4) is 0 Å². The van der Waals surface area contributed by atoms with Crippen molar-refractivity contribution in [2.75, 3.05) is 19.7 Å². The molecule has 4 heteroatoms. The zero-order chi connectivity index (χ0) is 14.2. The van der Waals surface area contributed by atoms with E-state index in [9.17, 15) is 4.79 Å². The molecule has 2 rings (SSSR count). The molecule has 4 nitrogen and oxygen atoms in total. The fourth-order valence-electron chi connectivity index (χ4n) is 2.35. The van der Waals surface area contributed by atoms with Crippen LogP contribution in [0.4, 0.5) is 4.79 Å². The predicted molar refractivity (Wildman–Crippen MR) is 77.6 cm³/mol. The number of rotatable bonds is 5. The smallest absolute Gasteiger partial charge is 0.407 e. The number of carbonyl (C=O) groups is 1. The molecule has 0 bridgehead atoms. The van der Waals surface area contributed by atoms with Crippen molar-refractivity contribution in [3.8, 4) is 0 Å². The SMILES string of the molecule is O=C(O)N1CCC(/C=C/COCc2ccccc2)CC1. The lowest BCUT2D eigenvalue weighted by Crippen LogP contribution is -2.37. The second-order valence-electron chi connectivity index (χ2n) is 5.04. The second kappa shape index (κ2) is 7.70. The largest absolute Gasteiger partial charge is 0.465 e. The molecule has 1 heterocycles. The highest BCUT2D eigenvalue weighted by Crippen LogP contribution is 2.18. The van der Waals surface area contributed by atoms with Gasteiger partial charge < -0.3 is 14.7 Å². The monoisotopic (exact) mass is 275 g/mol. The van der Waals surface area contributed by atoms with Crippen LogP contribution in [-0.2, 0) is 11.3 Å². The van der Waals surface area contributed by atoms with Crippen molar-refractivity contribution in [2.24, 2.45) is 5.92 Å². The maximum atomic E-state index is 10.8. The van der Waals surface area contributed by atoms with Crippen molar-refractivity contribution in [3.63, 3.8) is 0 Å². The van der Waals surface area contributed by atoms with Crippen LogP contribution >= 0.6 is 0 Å². The maximum Gasteiger partial charge on any atom is 0.407 e. The summed E-state index contributed by atoms with van der Waals surface area (Å²) in [4.78, 5) is 12.3. The van der Waals surface area contributed by atoms with Gasteiger partial charge in [-0.25, -0.2) is 4.79 Å². The topological polar surface area (TPSA) is 49.8 Å². The Hall–Kier alpha value is -1.81. The number of allylic oxidation sites excluding steroid dienone is 1. The van der Waals surface area contributed by atoms with Gasteiger partial charge in [-0.05, 0) is 24.3 Å². The lowest BCUT2D eigenvalue weighted by molar-refractivity contribution is 0.129. The summed E-state index contributed by atoms with van der Waals surface area (Å²) in [6.45, 7) is 2.50. The van der Waals surface area contributed by atoms with Crippen molar-refractivity contribution < 1.29 is 14.6 Å². The molecule has 20 heavy (non-hydrogen) atoms. The number of likely N-dealkylation sites (tertiary alicyclic amines) is 1. The summed E-state index contributed by atoms with van der Waals surface area (Å²) in [5.41, 5.74) is 1.18. The van der Waals surface area contributed by atoms with E-state index in [2.05, 4.69) is 6.08 Å². The Kier molecular flexibility index (Phi) is 5.62. The Bertz CT molecular complexity index is 436. The van der Waals surface area contributed by atoms with E-state index in [0.717, 1.165) is 12.8 Å². The first-order valence-corrected chi connectivity index (χ1v) is 7.02. The van der Waals surface area contributed by atoms with Gasteiger partial charge in [0.15, 0.2) is 0 Å². The van der Waals surface area contributed by atoms with Gasteiger partial charge in [0, 0.05) is 13.1 Å². The molecule has 1 aliphatic rings. The molecule has 1 aromatic rings. The second-order valence-corrected chi connectivity index (χ2v) is 5.04. The molecule has 0 unspecified atom stereocenters. The van der Waals surface area contributed by atoms with Gasteiger partial charge in [-0.3, -0.25) is 0 Å². The molecule has 0 saturated carbocycles. The number of carboxylic acid groups (broad SMARTS) is 1. The van der Waals surface area contributed by atoms with Crippen LogP contribution in [0.25, 0.3) is 0 Å². The molecule has 1 amide bonds. The normalized spacial score (nSPS) is 16.7. The third kappa shape index (κ3) is 4.70. The molecule has 1 aliphatic heterocycles. The maximum absolute atomic E-state index is 10.8. The first kappa shape index (κ1) is 14.6. The third-order valence-corrected chi connectivity index (χ3v) is 3.54. The van der Waals surface area contributed by atoms with Crippen molar-refractivity contribution in [1.82, 2.24) is 4.90 Å². The molecule has 1 N–H and O–H groups in total. The minimum atomic E-state index is -0.807. The van der Waals surface area contributed by atoms with Gasteiger partial charge >= 0.3 is 6.09 Å². The first-order chi connectivity index (χ1) is 9.75. The summed E-state index contributed by atoms with van der Waals surface area (Å²) in [5.74, 6) is 0.478. The zero-order valence-corrected chi connectivity index (χ0v) is 11.6. The number of piperidine rings is 1. The van der Waals surface area contributed by atoms with Crippen LogP contribution in [0.5, 0.6) is 0 Å². The fraction of sp³-hybridized carbons (Fsp3) is 0.438. The highest BCUT2D eigenvalue weighted by molar-refractivity contribution is 5.65. The van der Waals surface area contributed by atoms with Gasteiger partial charge in [0.1, 0.15) is 0 Å². The van der Waals surface area contributed by atoms with E-state index in [1.54, 1.807) is 0 Å². The first-order valence-electron chi connectivity index (χ1n) is 7.02. The average Bonchev–Trinajstić information content (AvgIpc) is 2.48. The number of hydrogen-bond acceptors (Lipinski definition) is 2. The van der Waals surface area contributed by atoms with Crippen molar-refractivity contribution in [3.05, 3.63) is 48.0 Å². The number of amides is 1. The summed E-state index contributed by atoms with van der Waals surface area (Å²) in [6, 6.07) is 10.1. The van der Waals surface area contributed by atoms with Crippen LogP contribution in [0.2, 0.25) is 0 Å². The molecular formula is C16H21NO3. The molecule has 1 aromatic carbocycles. The van der Waals surface area contributed by atoms with Crippen molar-refractivity contribution in [2.45, 2.75) is 19.4 Å². The van der Waals surface area contributed by atoms with E-state index in [0.29, 0.717) is 32.2 Å². The van der Waals surface area contributed by atoms with Gasteiger partial charge in [0.2, 0.25) is 0 Å². The van der Waals surface area contributed by atoms with Crippen LogP contribution < -0.4 is 0 Å². The van der Waals surface area contributed by atoms with Crippen LogP contribution in [-0.4, -0.2) is 35.8 Å². The van der Waals surface area contributed by atoms with Crippen molar-refractivity contribution >= 4 is 6.09 Å². The standard InChI is InChI=1S/C16H21NO3/c18-16(19)17-10-8-14(9-11-17)7-4-12-20-13-15-5-2-1-3-6-15/h1-7,14H,8-13H2,(H,18,19)/b7-4+. The van der Waals surface area contributed by atoms with Crippen molar-refractivity contribution in [1.29, 1.82) is 0 Å². The van der Waals surface area contributed by atoms with Gasteiger partial charge in [-0.2, -0.15) is 0 Å². The average molecular weight is 275 g/mol. The lowest BCUT2D eigenvalue weighted by atomic mass is 9.97. The Morgan fingerprint density at radius 3 is 2.65 bits per heavy atom. The van der Waals surface area contributed by atoms with Gasteiger partial charge in [-0.15, -0.1) is 0 Å². The Balaban J connectivity index is 1.61. The number of nitrogens with zero attached hydrogens (tertiary/aromatic N) is 1. The van der Waals surface area contributed by atoms with Gasteiger partial charge in [0.05, 0.1) is 13.2 Å². The van der Waals surface area contributed by atoms with E-state index in [4.69, 9.17) is 9.84 Å². The molecule has 0 atom stereocenters. The Morgan fingerprint density at radius 2 is 2.00 bits per heavy atom. The minimum absolute atomic E-state index is 0.478. The summed E-state index contributed by atoms with van der Waals surface area (Å²) >= 11 is 0. The van der Waals surface area contributed by atoms with Crippen LogP contribution in [0.15, 0.2) is 42.5 Å². The minimum Gasteiger partial charge on any atom is -0.465 e. The van der Waals surface area contributed by atoms with Gasteiger partial charge in [-0.1, -0.05) is 42.5 Å². The molecule has 1 saturated heterocycles. The predicted octanol–water partition coefficient (Wildman–Crippen LogP) is 3.15. The Labute approximate surface area is 119 Å². The van der Waals surface area contributed by atoms with E-state index < -0.39 is 6.09 Å². The molecule has 0 aliphatic carbocycles. The Morgan fingerprint density at radius 1 is 1.30 bits per heavy atom. The summed E-state index contributed by atoms with van der Waals surface area (Å²) in [5, 5.41) is 8.87. The summed E-state index contributed by atoms with van der Waals surface area (Å²) in [6.07, 6.45) is 5.20. The molecule has 1 fully saturated rings. The van der Waals surface area contributed by atoms with E-state index in [-0.39, 0.29) is 0 Å². The van der Waals surface area contributed by atoms with Crippen LogP contribution in [0.1, 0.15) is 18.4 Å². The summed E-state index contributed by atoms with van der Waals surface area (Å²) < 4.78 is 5.58.